The molecule has 0 saturated carbocycles. The molecule has 2 rings (SSSR count). The molecule has 0 spiro atoms. The molecule has 0 unspecified atom stereocenters. The molecule has 0 fully saturated rings. The van der Waals surface area contributed by atoms with Crippen molar-refractivity contribution in [3.8, 4) is 11.5 Å². The fourth-order valence-corrected chi connectivity index (χ4v) is 2.27. The molecule has 1 heterocycles. The van der Waals surface area contributed by atoms with E-state index in [9.17, 15) is 0 Å². The summed E-state index contributed by atoms with van der Waals surface area (Å²) in [6.07, 6.45) is 0. The van der Waals surface area contributed by atoms with E-state index in [-0.39, 0.29) is 5.84 Å². The Labute approximate surface area is 125 Å². The molecule has 0 radical (unpaired) electrons. The number of aryl methyl sites for hydroxylation is 2. The lowest BCUT2D eigenvalue weighted by Crippen LogP contribution is -2.12. The summed E-state index contributed by atoms with van der Waals surface area (Å²) < 4.78 is 8.37. The second kappa shape index (κ2) is 5.54. The Balaban J connectivity index is 2.35. The molecule has 0 bridgehead atoms. The molecule has 3 N–H and O–H groups in total. The number of nitrogens with zero attached hydrogens (tertiary/aromatic N) is 3. The summed E-state index contributed by atoms with van der Waals surface area (Å²) in [6.45, 7) is 3.83. The lowest BCUT2D eigenvalue weighted by atomic mass is 10.2. The summed E-state index contributed by atoms with van der Waals surface area (Å²) in [4.78, 5) is 0. The van der Waals surface area contributed by atoms with E-state index in [0.29, 0.717) is 15.8 Å². The van der Waals surface area contributed by atoms with Crippen molar-refractivity contribution in [2.75, 3.05) is 0 Å². The third-order valence-corrected chi connectivity index (χ3v) is 3.61. The van der Waals surface area contributed by atoms with Gasteiger partial charge in [0.05, 0.1) is 10.2 Å². The zero-order valence-electron chi connectivity index (χ0n) is 11.4. The molecule has 0 aliphatic rings. The Morgan fingerprint density at radius 2 is 2.15 bits per heavy atom. The van der Waals surface area contributed by atoms with E-state index in [1.807, 2.05) is 20.9 Å². The van der Waals surface area contributed by atoms with Crippen molar-refractivity contribution < 1.29 is 9.94 Å². The minimum absolute atomic E-state index is 0.0472. The fourth-order valence-electron chi connectivity index (χ4n) is 1.81. The van der Waals surface area contributed by atoms with Gasteiger partial charge in [-0.15, -0.1) is 0 Å². The van der Waals surface area contributed by atoms with Crippen LogP contribution in [-0.2, 0) is 7.05 Å². The van der Waals surface area contributed by atoms with Crippen molar-refractivity contribution in [2.45, 2.75) is 13.8 Å². The van der Waals surface area contributed by atoms with Crippen molar-refractivity contribution >= 4 is 21.8 Å². The monoisotopic (exact) mass is 338 g/mol. The first kappa shape index (κ1) is 14.4. The molecule has 0 aliphatic heterocycles. The molecule has 6 nitrogen and oxygen atoms in total. The van der Waals surface area contributed by atoms with Gasteiger partial charge < -0.3 is 15.7 Å². The number of amidine groups is 1. The van der Waals surface area contributed by atoms with Crippen LogP contribution in [0.15, 0.2) is 27.8 Å². The minimum atomic E-state index is 0.0472. The second-order valence-electron chi connectivity index (χ2n) is 4.36. The minimum Gasteiger partial charge on any atom is -0.452 e. The highest BCUT2D eigenvalue weighted by Crippen LogP contribution is 2.33. The van der Waals surface area contributed by atoms with Crippen molar-refractivity contribution in [3.05, 3.63) is 39.6 Å². The largest absolute Gasteiger partial charge is 0.452 e. The fraction of sp³-hybridized carbons (Fsp3) is 0.231. The molecule has 0 amide bonds. The lowest BCUT2D eigenvalue weighted by Gasteiger charge is -2.09. The van der Waals surface area contributed by atoms with Crippen LogP contribution in [0.25, 0.3) is 0 Å². The van der Waals surface area contributed by atoms with Gasteiger partial charge in [-0.05, 0) is 48.0 Å². The molecule has 0 aliphatic carbocycles. The number of ether oxygens (including phenoxy) is 1. The summed E-state index contributed by atoms with van der Waals surface area (Å²) in [7, 11) is 1.87. The van der Waals surface area contributed by atoms with Gasteiger partial charge in [-0.1, -0.05) is 5.16 Å². The lowest BCUT2D eigenvalue weighted by molar-refractivity contribution is 0.318. The van der Waals surface area contributed by atoms with E-state index in [1.165, 1.54) is 0 Å². The van der Waals surface area contributed by atoms with Gasteiger partial charge in [0.1, 0.15) is 11.4 Å². The van der Waals surface area contributed by atoms with Gasteiger partial charge in [0.2, 0.25) is 0 Å². The van der Waals surface area contributed by atoms with Crippen molar-refractivity contribution in [1.29, 1.82) is 0 Å². The maximum atomic E-state index is 8.66. The third-order valence-electron chi connectivity index (χ3n) is 2.99. The van der Waals surface area contributed by atoms with Crippen LogP contribution >= 0.6 is 15.9 Å². The summed E-state index contributed by atoms with van der Waals surface area (Å²) in [5.41, 5.74) is 7.90. The first-order chi connectivity index (χ1) is 9.43. The number of benzene rings is 1. The van der Waals surface area contributed by atoms with Crippen LogP contribution in [0.5, 0.6) is 11.5 Å². The number of hydrogen-bond acceptors (Lipinski definition) is 4. The zero-order chi connectivity index (χ0) is 14.9. The first-order valence-corrected chi connectivity index (χ1v) is 6.68. The standard InChI is InChI=1S/C13H15BrN4O2/c1-7-12(8(2)18(3)16-7)20-11-5-4-9(6-10(11)14)13(15)17-19/h4-6,19H,1-3H3,(H2,15,17). The first-order valence-electron chi connectivity index (χ1n) is 5.89. The Hall–Kier alpha value is -2.02. The van der Waals surface area contributed by atoms with Gasteiger partial charge in [-0.2, -0.15) is 5.10 Å². The van der Waals surface area contributed by atoms with E-state index in [4.69, 9.17) is 15.7 Å². The Morgan fingerprint density at radius 1 is 1.45 bits per heavy atom. The van der Waals surface area contributed by atoms with Crippen LogP contribution in [0.1, 0.15) is 17.0 Å². The highest BCUT2D eigenvalue weighted by Gasteiger charge is 2.14. The molecule has 0 saturated heterocycles. The topological polar surface area (TPSA) is 85.7 Å². The summed E-state index contributed by atoms with van der Waals surface area (Å²) in [5.74, 6) is 1.41. The predicted octanol–water partition coefficient (Wildman–Crippen LogP) is 2.69. The van der Waals surface area contributed by atoms with E-state index < -0.39 is 0 Å². The van der Waals surface area contributed by atoms with Crippen LogP contribution in [0.3, 0.4) is 0 Å². The van der Waals surface area contributed by atoms with Gasteiger partial charge in [0, 0.05) is 12.6 Å². The molecule has 2 aromatic rings. The van der Waals surface area contributed by atoms with Crippen LogP contribution < -0.4 is 10.5 Å². The van der Waals surface area contributed by atoms with E-state index in [2.05, 4.69) is 26.2 Å². The quantitative estimate of drug-likeness (QED) is 0.390. The van der Waals surface area contributed by atoms with Crippen LogP contribution in [0.4, 0.5) is 0 Å². The number of halogens is 1. The SMILES string of the molecule is Cc1nn(C)c(C)c1Oc1ccc(/C(N)=N/O)cc1Br. The Morgan fingerprint density at radius 3 is 2.65 bits per heavy atom. The summed E-state index contributed by atoms with van der Waals surface area (Å²) in [6, 6.07) is 5.20. The number of hydrogen-bond donors (Lipinski definition) is 2. The number of aromatic nitrogens is 2. The Kier molecular flexibility index (Phi) is 3.99. The summed E-state index contributed by atoms with van der Waals surface area (Å²) >= 11 is 3.41. The Bertz CT molecular complexity index is 679. The van der Waals surface area contributed by atoms with Crippen molar-refractivity contribution in [3.63, 3.8) is 0 Å². The zero-order valence-corrected chi connectivity index (χ0v) is 13.0. The summed E-state index contributed by atoms with van der Waals surface area (Å²) in [5, 5.41) is 15.9. The molecule has 20 heavy (non-hydrogen) atoms. The van der Waals surface area contributed by atoms with Gasteiger partial charge in [0.15, 0.2) is 11.6 Å². The van der Waals surface area contributed by atoms with Gasteiger partial charge in [-0.3, -0.25) is 4.68 Å². The highest BCUT2D eigenvalue weighted by molar-refractivity contribution is 9.10. The van der Waals surface area contributed by atoms with E-state index in [0.717, 1.165) is 17.1 Å². The molecule has 7 heteroatoms. The molecular weight excluding hydrogens is 324 g/mol. The predicted molar refractivity (Wildman–Crippen MR) is 79.4 cm³/mol. The normalized spacial score (nSPS) is 11.7. The van der Waals surface area contributed by atoms with Crippen LogP contribution in [-0.4, -0.2) is 20.8 Å². The van der Waals surface area contributed by atoms with Crippen molar-refractivity contribution in [2.24, 2.45) is 17.9 Å². The van der Waals surface area contributed by atoms with Gasteiger partial charge >= 0.3 is 0 Å². The van der Waals surface area contributed by atoms with Gasteiger partial charge in [-0.25, -0.2) is 0 Å². The average Bonchev–Trinajstić information content (AvgIpc) is 2.66. The molecule has 106 valence electrons. The highest BCUT2D eigenvalue weighted by atomic mass is 79.9. The van der Waals surface area contributed by atoms with Crippen molar-refractivity contribution in [1.82, 2.24) is 9.78 Å². The second-order valence-corrected chi connectivity index (χ2v) is 5.21. The van der Waals surface area contributed by atoms with E-state index in [1.54, 1.807) is 22.9 Å². The number of rotatable bonds is 3. The van der Waals surface area contributed by atoms with Gasteiger partial charge in [0.25, 0.3) is 0 Å². The molecule has 0 atom stereocenters. The van der Waals surface area contributed by atoms with Crippen LogP contribution in [0.2, 0.25) is 0 Å². The number of oxime groups is 1. The smallest absolute Gasteiger partial charge is 0.171 e. The molecule has 1 aromatic carbocycles. The number of nitrogens with two attached hydrogens (primary N) is 1. The molecular formula is C13H15BrN4O2. The van der Waals surface area contributed by atoms with E-state index >= 15 is 0 Å². The molecule has 1 aromatic heterocycles. The third kappa shape index (κ3) is 2.62. The maximum absolute atomic E-state index is 8.66. The van der Waals surface area contributed by atoms with Crippen LogP contribution in [0, 0.1) is 13.8 Å². The maximum Gasteiger partial charge on any atom is 0.171 e. The average molecular weight is 339 g/mol.